The summed E-state index contributed by atoms with van der Waals surface area (Å²) >= 11 is 5.75. The number of nitrogens with zero attached hydrogens (tertiary/aromatic N) is 1. The number of rotatable bonds is 2. The van der Waals surface area contributed by atoms with Crippen molar-refractivity contribution in [1.29, 1.82) is 0 Å². The summed E-state index contributed by atoms with van der Waals surface area (Å²) in [5, 5.41) is 10.4. The molecule has 13 heavy (non-hydrogen) atoms. The maximum absolute atomic E-state index is 5.75. The summed E-state index contributed by atoms with van der Waals surface area (Å²) < 4.78 is 0. The molecule has 0 radical (unpaired) electrons. The molecule has 2 aromatic rings. The van der Waals surface area contributed by atoms with Gasteiger partial charge in [-0.15, -0.1) is 0 Å². The summed E-state index contributed by atoms with van der Waals surface area (Å²) in [5.74, 6) is 0. The third kappa shape index (κ3) is 2.00. The molecule has 0 aliphatic rings. The monoisotopic (exact) mass is 193 g/mol. The van der Waals surface area contributed by atoms with E-state index in [4.69, 9.17) is 11.6 Å². The van der Waals surface area contributed by atoms with Gasteiger partial charge in [0.15, 0.2) is 0 Å². The molecule has 0 saturated carbocycles. The second-order valence-electron chi connectivity index (χ2n) is 2.62. The Kier molecular flexibility index (Phi) is 2.19. The highest BCUT2D eigenvalue weighted by atomic mass is 35.5. The number of nitrogens with one attached hydrogen (secondary N) is 2. The second-order valence-corrected chi connectivity index (χ2v) is 3.06. The minimum Gasteiger partial charge on any atom is -0.353 e. The van der Waals surface area contributed by atoms with Crippen molar-refractivity contribution < 1.29 is 0 Å². The topological polar surface area (TPSA) is 40.7 Å². The van der Waals surface area contributed by atoms with Gasteiger partial charge in [-0.05, 0) is 24.3 Å². The quantitative estimate of drug-likeness (QED) is 0.770. The van der Waals surface area contributed by atoms with Gasteiger partial charge in [0.1, 0.15) is 0 Å². The zero-order chi connectivity index (χ0) is 9.10. The molecule has 0 saturated heterocycles. The van der Waals surface area contributed by atoms with Gasteiger partial charge < -0.3 is 5.32 Å². The van der Waals surface area contributed by atoms with E-state index in [1.165, 1.54) is 0 Å². The van der Waals surface area contributed by atoms with Gasteiger partial charge in [-0.25, -0.2) is 0 Å². The molecule has 4 heteroatoms. The number of benzene rings is 1. The Balaban J connectivity index is 2.15. The third-order valence-electron chi connectivity index (χ3n) is 1.63. The van der Waals surface area contributed by atoms with Crippen LogP contribution in [0.15, 0.2) is 36.7 Å². The molecule has 0 atom stereocenters. The van der Waals surface area contributed by atoms with Crippen LogP contribution in [0.1, 0.15) is 0 Å². The van der Waals surface area contributed by atoms with Gasteiger partial charge in [0, 0.05) is 16.9 Å². The van der Waals surface area contributed by atoms with Crippen LogP contribution in [0, 0.1) is 0 Å². The second kappa shape index (κ2) is 3.49. The van der Waals surface area contributed by atoms with Crippen LogP contribution < -0.4 is 5.32 Å². The summed E-state index contributed by atoms with van der Waals surface area (Å²) in [7, 11) is 0. The average molecular weight is 194 g/mol. The molecule has 66 valence electrons. The Labute approximate surface area is 80.7 Å². The molecule has 0 amide bonds. The van der Waals surface area contributed by atoms with E-state index >= 15 is 0 Å². The zero-order valence-corrected chi connectivity index (χ0v) is 7.55. The minimum absolute atomic E-state index is 0.734. The van der Waals surface area contributed by atoms with Crippen LogP contribution in [0.25, 0.3) is 0 Å². The molecule has 3 nitrogen and oxygen atoms in total. The molecule has 2 rings (SSSR count). The molecular weight excluding hydrogens is 186 g/mol. The number of anilines is 2. The van der Waals surface area contributed by atoms with Crippen molar-refractivity contribution in [2.45, 2.75) is 0 Å². The largest absolute Gasteiger partial charge is 0.353 e. The normalized spacial score (nSPS) is 9.92. The van der Waals surface area contributed by atoms with Crippen LogP contribution in [0.3, 0.4) is 0 Å². The lowest BCUT2D eigenvalue weighted by Gasteiger charge is -2.01. The summed E-state index contributed by atoms with van der Waals surface area (Å²) in [6.45, 7) is 0. The van der Waals surface area contributed by atoms with Crippen molar-refractivity contribution in [3.63, 3.8) is 0 Å². The van der Waals surface area contributed by atoms with Gasteiger partial charge in [0.25, 0.3) is 0 Å². The highest BCUT2D eigenvalue weighted by molar-refractivity contribution is 6.30. The lowest BCUT2D eigenvalue weighted by atomic mass is 10.3. The van der Waals surface area contributed by atoms with E-state index in [9.17, 15) is 0 Å². The Morgan fingerprint density at radius 1 is 1.15 bits per heavy atom. The fourth-order valence-corrected chi connectivity index (χ4v) is 1.15. The molecule has 2 N–H and O–H groups in total. The van der Waals surface area contributed by atoms with Crippen LogP contribution >= 0.6 is 11.6 Å². The molecule has 1 heterocycles. The zero-order valence-electron chi connectivity index (χ0n) is 6.79. The lowest BCUT2D eigenvalue weighted by molar-refractivity contribution is 1.09. The number of aromatic amines is 1. The fourth-order valence-electron chi connectivity index (χ4n) is 1.02. The maximum Gasteiger partial charge on any atom is 0.0767 e. The third-order valence-corrected chi connectivity index (χ3v) is 1.88. The summed E-state index contributed by atoms with van der Waals surface area (Å²) in [6, 6.07) is 7.50. The minimum atomic E-state index is 0.734. The Morgan fingerprint density at radius 3 is 2.54 bits per heavy atom. The van der Waals surface area contributed by atoms with E-state index in [2.05, 4.69) is 15.5 Å². The predicted molar refractivity (Wildman–Crippen MR) is 53.3 cm³/mol. The number of hydrogen-bond donors (Lipinski definition) is 2. The molecule has 1 aromatic carbocycles. The van der Waals surface area contributed by atoms with E-state index in [-0.39, 0.29) is 0 Å². The Hall–Kier alpha value is -1.48. The first-order chi connectivity index (χ1) is 6.34. The first-order valence-electron chi connectivity index (χ1n) is 3.86. The van der Waals surface area contributed by atoms with Crippen LogP contribution in [-0.4, -0.2) is 10.2 Å². The van der Waals surface area contributed by atoms with Crippen molar-refractivity contribution >= 4 is 23.0 Å². The van der Waals surface area contributed by atoms with E-state index in [1.807, 2.05) is 24.3 Å². The van der Waals surface area contributed by atoms with E-state index < -0.39 is 0 Å². The molecule has 0 aliphatic carbocycles. The maximum atomic E-state index is 5.75. The van der Waals surface area contributed by atoms with Gasteiger partial charge >= 0.3 is 0 Å². The SMILES string of the molecule is Clc1ccc(Nc2cn[nH]c2)cc1. The molecule has 0 spiro atoms. The Morgan fingerprint density at radius 2 is 1.92 bits per heavy atom. The van der Waals surface area contributed by atoms with Crippen molar-refractivity contribution in [3.05, 3.63) is 41.7 Å². The number of aromatic nitrogens is 2. The average Bonchev–Trinajstić information content (AvgIpc) is 2.62. The van der Waals surface area contributed by atoms with Gasteiger partial charge in [0.05, 0.1) is 11.9 Å². The van der Waals surface area contributed by atoms with Gasteiger partial charge in [-0.1, -0.05) is 11.6 Å². The van der Waals surface area contributed by atoms with Gasteiger partial charge in [-0.2, -0.15) is 5.10 Å². The van der Waals surface area contributed by atoms with Crippen LogP contribution in [0.5, 0.6) is 0 Å². The standard InChI is InChI=1S/C9H8ClN3/c10-7-1-3-8(4-2-7)13-9-5-11-12-6-9/h1-6,13H,(H,11,12). The van der Waals surface area contributed by atoms with Crippen molar-refractivity contribution in [2.75, 3.05) is 5.32 Å². The summed E-state index contributed by atoms with van der Waals surface area (Å²) in [6.07, 6.45) is 3.50. The summed E-state index contributed by atoms with van der Waals surface area (Å²) in [4.78, 5) is 0. The van der Waals surface area contributed by atoms with E-state index in [0.29, 0.717) is 0 Å². The van der Waals surface area contributed by atoms with Crippen LogP contribution in [0.4, 0.5) is 11.4 Å². The molecule has 0 bridgehead atoms. The number of H-pyrrole nitrogens is 1. The highest BCUT2D eigenvalue weighted by Crippen LogP contribution is 2.17. The lowest BCUT2D eigenvalue weighted by Crippen LogP contribution is -1.86. The smallest absolute Gasteiger partial charge is 0.0767 e. The first kappa shape index (κ1) is 8.13. The van der Waals surface area contributed by atoms with Crippen molar-refractivity contribution in [2.24, 2.45) is 0 Å². The molecule has 1 aromatic heterocycles. The van der Waals surface area contributed by atoms with Gasteiger partial charge in [0.2, 0.25) is 0 Å². The van der Waals surface area contributed by atoms with E-state index in [1.54, 1.807) is 12.4 Å². The fraction of sp³-hybridized carbons (Fsp3) is 0. The Bertz CT molecular complexity index is 366. The van der Waals surface area contributed by atoms with Crippen LogP contribution in [0.2, 0.25) is 5.02 Å². The van der Waals surface area contributed by atoms with E-state index in [0.717, 1.165) is 16.4 Å². The van der Waals surface area contributed by atoms with Crippen LogP contribution in [-0.2, 0) is 0 Å². The summed E-state index contributed by atoms with van der Waals surface area (Å²) in [5.41, 5.74) is 1.92. The molecular formula is C9H8ClN3. The van der Waals surface area contributed by atoms with Crippen molar-refractivity contribution in [3.8, 4) is 0 Å². The number of hydrogen-bond acceptors (Lipinski definition) is 2. The van der Waals surface area contributed by atoms with Gasteiger partial charge in [-0.3, -0.25) is 5.10 Å². The predicted octanol–water partition coefficient (Wildman–Crippen LogP) is 2.81. The van der Waals surface area contributed by atoms with Crippen molar-refractivity contribution in [1.82, 2.24) is 10.2 Å². The molecule has 0 aliphatic heterocycles. The molecule has 0 fully saturated rings. The first-order valence-corrected chi connectivity index (χ1v) is 4.24. The highest BCUT2D eigenvalue weighted by Gasteiger charge is 1.94. The number of halogens is 1. The molecule has 0 unspecified atom stereocenters.